The first-order chi connectivity index (χ1) is 12.9. The Morgan fingerprint density at radius 1 is 1.04 bits per heavy atom. The van der Waals surface area contributed by atoms with E-state index in [-0.39, 0.29) is 18.4 Å². The fourth-order valence-corrected chi connectivity index (χ4v) is 2.43. The summed E-state index contributed by atoms with van der Waals surface area (Å²) in [7, 11) is 3.88. The molecule has 2 aromatic rings. The van der Waals surface area contributed by atoms with Crippen LogP contribution in [0.3, 0.4) is 0 Å². The number of carbonyl (C=O) groups excluding carboxylic acids is 2. The largest absolute Gasteiger partial charge is 0.483 e. The molecule has 0 aliphatic carbocycles. The lowest BCUT2D eigenvalue weighted by Crippen LogP contribution is -2.31. The average Bonchev–Trinajstić information content (AvgIpc) is 2.63. The molecular formula is C21H27N3O3. The number of ether oxygens (including phenoxy) is 1. The van der Waals surface area contributed by atoms with Crippen molar-refractivity contribution in [3.8, 4) is 5.75 Å². The summed E-state index contributed by atoms with van der Waals surface area (Å²) in [5.41, 5.74) is 3.41. The second-order valence-corrected chi connectivity index (χ2v) is 6.69. The summed E-state index contributed by atoms with van der Waals surface area (Å²) >= 11 is 0. The molecule has 2 aromatic carbocycles. The average molecular weight is 369 g/mol. The van der Waals surface area contributed by atoms with E-state index in [1.54, 1.807) is 24.3 Å². The lowest BCUT2D eigenvalue weighted by molar-refractivity contribution is -0.118. The third kappa shape index (κ3) is 6.42. The van der Waals surface area contributed by atoms with Crippen LogP contribution in [0.1, 0.15) is 21.5 Å². The zero-order chi connectivity index (χ0) is 19.8. The first-order valence-corrected chi connectivity index (χ1v) is 8.88. The van der Waals surface area contributed by atoms with Crippen molar-refractivity contribution >= 4 is 17.5 Å². The Morgan fingerprint density at radius 2 is 1.78 bits per heavy atom. The molecule has 0 saturated carbocycles. The number of amides is 2. The number of para-hydroxylation sites is 1. The number of nitrogens with zero attached hydrogens (tertiary/aromatic N) is 1. The van der Waals surface area contributed by atoms with Crippen molar-refractivity contribution in [1.82, 2.24) is 10.2 Å². The van der Waals surface area contributed by atoms with Crippen LogP contribution in [0.5, 0.6) is 5.75 Å². The highest BCUT2D eigenvalue weighted by Gasteiger charge is 2.13. The molecular weight excluding hydrogens is 342 g/mol. The molecule has 2 amide bonds. The summed E-state index contributed by atoms with van der Waals surface area (Å²) in [6.07, 6.45) is 0. The SMILES string of the molecule is Cc1ccc(NC(=O)COc2ccccc2C(=O)NCCN(C)C)cc1C. The summed E-state index contributed by atoms with van der Waals surface area (Å²) in [6.45, 7) is 5.12. The van der Waals surface area contributed by atoms with E-state index in [4.69, 9.17) is 4.74 Å². The zero-order valence-corrected chi connectivity index (χ0v) is 16.3. The van der Waals surface area contributed by atoms with Crippen molar-refractivity contribution in [3.05, 3.63) is 59.2 Å². The Bertz CT molecular complexity index is 803. The number of benzene rings is 2. The van der Waals surface area contributed by atoms with Crippen LogP contribution in [-0.4, -0.2) is 50.5 Å². The van der Waals surface area contributed by atoms with Gasteiger partial charge in [0.05, 0.1) is 5.56 Å². The number of anilines is 1. The lowest BCUT2D eigenvalue weighted by atomic mass is 10.1. The molecule has 144 valence electrons. The van der Waals surface area contributed by atoms with E-state index in [0.29, 0.717) is 17.9 Å². The fourth-order valence-electron chi connectivity index (χ4n) is 2.43. The minimum absolute atomic E-state index is 0.172. The van der Waals surface area contributed by atoms with E-state index >= 15 is 0 Å². The predicted octanol–water partition coefficient (Wildman–Crippen LogP) is 2.61. The molecule has 0 radical (unpaired) electrons. The summed E-state index contributed by atoms with van der Waals surface area (Å²) in [4.78, 5) is 26.5. The summed E-state index contributed by atoms with van der Waals surface area (Å²) < 4.78 is 5.59. The Kier molecular flexibility index (Phi) is 7.37. The number of rotatable bonds is 8. The predicted molar refractivity (Wildman–Crippen MR) is 107 cm³/mol. The van der Waals surface area contributed by atoms with Gasteiger partial charge >= 0.3 is 0 Å². The molecule has 0 atom stereocenters. The third-order valence-corrected chi connectivity index (χ3v) is 4.13. The van der Waals surface area contributed by atoms with Gasteiger partial charge in [-0.15, -0.1) is 0 Å². The summed E-state index contributed by atoms with van der Waals surface area (Å²) in [5, 5.41) is 5.65. The van der Waals surface area contributed by atoms with Crippen molar-refractivity contribution < 1.29 is 14.3 Å². The normalized spacial score (nSPS) is 10.6. The van der Waals surface area contributed by atoms with E-state index in [0.717, 1.165) is 17.8 Å². The number of nitrogens with one attached hydrogen (secondary N) is 2. The minimum atomic E-state index is -0.277. The van der Waals surface area contributed by atoms with E-state index < -0.39 is 0 Å². The van der Waals surface area contributed by atoms with Gasteiger partial charge in [-0.2, -0.15) is 0 Å². The van der Waals surface area contributed by atoms with E-state index in [2.05, 4.69) is 10.6 Å². The Hall–Kier alpha value is -2.86. The van der Waals surface area contributed by atoms with Gasteiger partial charge in [-0.3, -0.25) is 9.59 Å². The molecule has 2 N–H and O–H groups in total. The third-order valence-electron chi connectivity index (χ3n) is 4.13. The molecule has 0 aliphatic heterocycles. The number of likely N-dealkylation sites (N-methyl/N-ethyl adjacent to an activating group) is 1. The summed E-state index contributed by atoms with van der Waals surface area (Å²) in [5.74, 6) is -0.113. The van der Waals surface area contributed by atoms with Crippen LogP contribution in [0.2, 0.25) is 0 Å². The van der Waals surface area contributed by atoms with Gasteiger partial charge in [-0.1, -0.05) is 18.2 Å². The zero-order valence-electron chi connectivity index (χ0n) is 16.3. The minimum Gasteiger partial charge on any atom is -0.483 e. The second-order valence-electron chi connectivity index (χ2n) is 6.69. The fraction of sp³-hybridized carbons (Fsp3) is 0.333. The maximum Gasteiger partial charge on any atom is 0.262 e. The standard InChI is InChI=1S/C21H27N3O3/c1-15-9-10-17(13-16(15)2)23-20(25)14-27-19-8-6-5-7-18(19)21(26)22-11-12-24(3)4/h5-10,13H,11-12,14H2,1-4H3,(H,22,26)(H,23,25). The number of aryl methyl sites for hydroxylation is 2. The van der Waals surface area contributed by atoms with Gasteiger partial charge in [0.25, 0.3) is 11.8 Å². The Morgan fingerprint density at radius 3 is 2.48 bits per heavy atom. The maximum absolute atomic E-state index is 12.3. The molecule has 2 rings (SSSR count). The molecule has 0 aliphatic rings. The van der Waals surface area contributed by atoms with E-state index in [1.165, 1.54) is 5.56 Å². The number of carbonyl (C=O) groups is 2. The molecule has 27 heavy (non-hydrogen) atoms. The monoisotopic (exact) mass is 369 g/mol. The van der Waals surface area contributed by atoms with Crippen LogP contribution in [0.4, 0.5) is 5.69 Å². The van der Waals surface area contributed by atoms with Gasteiger partial charge in [0.2, 0.25) is 0 Å². The molecule has 6 nitrogen and oxygen atoms in total. The van der Waals surface area contributed by atoms with Crippen molar-refractivity contribution in [3.63, 3.8) is 0 Å². The number of hydrogen-bond acceptors (Lipinski definition) is 4. The molecule has 0 heterocycles. The first-order valence-electron chi connectivity index (χ1n) is 8.88. The second kappa shape index (κ2) is 9.73. The van der Waals surface area contributed by atoms with Crippen LogP contribution in [0.25, 0.3) is 0 Å². The summed E-state index contributed by atoms with van der Waals surface area (Å²) in [6, 6.07) is 12.6. The highest BCUT2D eigenvalue weighted by Crippen LogP contribution is 2.18. The van der Waals surface area contributed by atoms with Crippen LogP contribution in [-0.2, 0) is 4.79 Å². The molecule has 0 spiro atoms. The lowest BCUT2D eigenvalue weighted by Gasteiger charge is -2.13. The highest BCUT2D eigenvalue weighted by molar-refractivity contribution is 5.97. The Balaban J connectivity index is 1.94. The van der Waals surface area contributed by atoms with Crippen LogP contribution >= 0.6 is 0 Å². The smallest absolute Gasteiger partial charge is 0.262 e. The molecule has 0 unspecified atom stereocenters. The van der Waals surface area contributed by atoms with Crippen molar-refractivity contribution in [2.75, 3.05) is 39.1 Å². The van der Waals surface area contributed by atoms with Crippen LogP contribution < -0.4 is 15.4 Å². The van der Waals surface area contributed by atoms with Gasteiger partial charge in [0.1, 0.15) is 5.75 Å². The van der Waals surface area contributed by atoms with Gasteiger partial charge < -0.3 is 20.3 Å². The van der Waals surface area contributed by atoms with Gasteiger partial charge in [-0.25, -0.2) is 0 Å². The van der Waals surface area contributed by atoms with Gasteiger partial charge in [0.15, 0.2) is 6.61 Å². The number of hydrogen-bond donors (Lipinski definition) is 2. The molecule has 0 saturated heterocycles. The molecule has 6 heteroatoms. The molecule has 0 fully saturated rings. The van der Waals surface area contributed by atoms with E-state index in [9.17, 15) is 9.59 Å². The van der Waals surface area contributed by atoms with Crippen molar-refractivity contribution in [1.29, 1.82) is 0 Å². The molecule has 0 aromatic heterocycles. The van der Waals surface area contributed by atoms with Crippen LogP contribution in [0, 0.1) is 13.8 Å². The maximum atomic E-state index is 12.3. The first kappa shape index (κ1) is 20.5. The Labute approximate surface area is 160 Å². The highest BCUT2D eigenvalue weighted by atomic mass is 16.5. The van der Waals surface area contributed by atoms with Crippen molar-refractivity contribution in [2.45, 2.75) is 13.8 Å². The van der Waals surface area contributed by atoms with E-state index in [1.807, 2.05) is 51.0 Å². The van der Waals surface area contributed by atoms with Crippen LogP contribution in [0.15, 0.2) is 42.5 Å². The topological polar surface area (TPSA) is 70.7 Å². The van der Waals surface area contributed by atoms with Crippen molar-refractivity contribution in [2.24, 2.45) is 0 Å². The quantitative estimate of drug-likeness (QED) is 0.750. The van der Waals surface area contributed by atoms with Gasteiger partial charge in [0, 0.05) is 18.8 Å². The molecule has 0 bridgehead atoms. The van der Waals surface area contributed by atoms with Gasteiger partial charge in [-0.05, 0) is 63.3 Å².